The van der Waals surface area contributed by atoms with Crippen LogP contribution in [0.2, 0.25) is 0 Å². The molecule has 1 unspecified atom stereocenters. The van der Waals surface area contributed by atoms with Crippen molar-refractivity contribution in [3.05, 3.63) is 53.2 Å². The van der Waals surface area contributed by atoms with Gasteiger partial charge in [-0.1, -0.05) is 51.0 Å². The lowest BCUT2D eigenvalue weighted by atomic mass is 9.75. The van der Waals surface area contributed by atoms with Crippen molar-refractivity contribution in [2.75, 3.05) is 11.4 Å². The Morgan fingerprint density at radius 1 is 1.03 bits per heavy atom. The minimum atomic E-state index is -2.87. The van der Waals surface area contributed by atoms with Crippen LogP contribution in [-0.2, 0) is 12.3 Å². The Morgan fingerprint density at radius 2 is 1.73 bits per heavy atom. The highest BCUT2D eigenvalue weighted by Gasteiger charge is 2.31. The van der Waals surface area contributed by atoms with Crippen LogP contribution < -0.4 is 4.90 Å². The van der Waals surface area contributed by atoms with Gasteiger partial charge in [0.25, 0.3) is 5.92 Å². The Hall–Kier alpha value is -2.11. The number of rotatable bonds is 7. The maximum absolute atomic E-state index is 15.5. The van der Waals surface area contributed by atoms with Gasteiger partial charge in [0.1, 0.15) is 6.33 Å². The van der Waals surface area contributed by atoms with Gasteiger partial charge in [0.05, 0.1) is 11.7 Å². The predicted molar refractivity (Wildman–Crippen MR) is 126 cm³/mol. The topological polar surface area (TPSA) is 29.0 Å². The number of hydrogen-bond acceptors (Lipinski definition) is 3. The molecular weight excluding hydrogens is 423 g/mol. The first-order valence-corrected chi connectivity index (χ1v) is 12.5. The molecule has 3 nitrogen and oxygen atoms in total. The predicted octanol–water partition coefficient (Wildman–Crippen LogP) is 7.46. The number of anilines is 1. The normalized spacial score (nSPS) is 24.0. The molecular formula is C27H36F3N3. The fraction of sp³-hybridized carbons (Fsp3) is 0.630. The lowest BCUT2D eigenvalue weighted by molar-refractivity contribution is 0.0174. The first-order valence-electron chi connectivity index (χ1n) is 12.5. The van der Waals surface area contributed by atoms with Gasteiger partial charge in [-0.15, -0.1) is 0 Å². The van der Waals surface area contributed by atoms with Crippen LogP contribution in [-0.4, -0.2) is 16.5 Å². The molecule has 0 N–H and O–H groups in total. The van der Waals surface area contributed by atoms with Gasteiger partial charge in [-0.3, -0.25) is 0 Å². The number of benzene rings is 1. The lowest BCUT2D eigenvalue weighted by Crippen LogP contribution is -2.25. The first kappa shape index (κ1) is 24.0. The van der Waals surface area contributed by atoms with E-state index in [0.717, 1.165) is 43.6 Å². The van der Waals surface area contributed by atoms with Crippen LogP contribution in [0.5, 0.6) is 0 Å². The Morgan fingerprint density at radius 3 is 2.36 bits per heavy atom. The maximum Gasteiger partial charge on any atom is 0.270 e. The van der Waals surface area contributed by atoms with Gasteiger partial charge < -0.3 is 4.90 Å². The van der Waals surface area contributed by atoms with E-state index >= 15 is 4.39 Å². The van der Waals surface area contributed by atoms with Crippen molar-refractivity contribution in [1.82, 2.24) is 9.97 Å². The molecule has 0 radical (unpaired) electrons. The van der Waals surface area contributed by atoms with Crippen LogP contribution in [0.1, 0.15) is 88.6 Å². The molecule has 1 atom stereocenters. The molecule has 0 spiro atoms. The minimum Gasteiger partial charge on any atom is -0.347 e. The molecule has 2 heterocycles. The van der Waals surface area contributed by atoms with Crippen LogP contribution in [0.3, 0.4) is 0 Å². The summed E-state index contributed by atoms with van der Waals surface area (Å²) in [6, 6.07) is 6.36. The zero-order valence-electron chi connectivity index (χ0n) is 20.0. The van der Waals surface area contributed by atoms with Crippen molar-refractivity contribution in [2.45, 2.75) is 84.1 Å². The molecule has 4 rings (SSSR count). The van der Waals surface area contributed by atoms with E-state index in [0.29, 0.717) is 30.4 Å². The summed E-state index contributed by atoms with van der Waals surface area (Å²) < 4.78 is 42.7. The molecule has 6 heteroatoms. The van der Waals surface area contributed by atoms with Gasteiger partial charge in [-0.05, 0) is 61.8 Å². The van der Waals surface area contributed by atoms with Gasteiger partial charge in [-0.2, -0.15) is 0 Å². The van der Waals surface area contributed by atoms with Gasteiger partial charge in [0.2, 0.25) is 0 Å². The molecule has 2 fully saturated rings. The maximum atomic E-state index is 15.5. The van der Waals surface area contributed by atoms with E-state index in [2.05, 4.69) is 23.8 Å². The van der Waals surface area contributed by atoms with Crippen molar-refractivity contribution in [3.63, 3.8) is 0 Å². The molecule has 33 heavy (non-hydrogen) atoms. The highest BCUT2D eigenvalue weighted by molar-refractivity contribution is 5.46. The van der Waals surface area contributed by atoms with Crippen LogP contribution in [0, 0.1) is 23.6 Å². The second-order valence-electron chi connectivity index (χ2n) is 10.4. The first-order chi connectivity index (χ1) is 15.7. The van der Waals surface area contributed by atoms with Crippen LogP contribution in [0.4, 0.5) is 19.0 Å². The van der Waals surface area contributed by atoms with Crippen molar-refractivity contribution in [2.24, 2.45) is 17.8 Å². The number of alkyl halides is 2. The third kappa shape index (κ3) is 5.52. The van der Waals surface area contributed by atoms with Crippen LogP contribution in [0.15, 0.2) is 30.6 Å². The highest BCUT2D eigenvalue weighted by Crippen LogP contribution is 2.39. The molecule has 0 bridgehead atoms. The molecule has 1 aliphatic carbocycles. The second-order valence-corrected chi connectivity index (χ2v) is 10.4. The third-order valence-corrected chi connectivity index (χ3v) is 7.79. The largest absolute Gasteiger partial charge is 0.347 e. The second kappa shape index (κ2) is 10.0. The fourth-order valence-corrected chi connectivity index (χ4v) is 5.62. The van der Waals surface area contributed by atoms with Crippen molar-refractivity contribution in [1.29, 1.82) is 0 Å². The summed E-state index contributed by atoms with van der Waals surface area (Å²) in [7, 11) is 0. The van der Waals surface area contributed by atoms with Gasteiger partial charge in [0, 0.05) is 19.0 Å². The quantitative estimate of drug-likeness (QED) is 0.430. The Bertz CT molecular complexity index is 915. The monoisotopic (exact) mass is 459 g/mol. The number of halogens is 3. The van der Waals surface area contributed by atoms with Crippen molar-refractivity contribution in [3.8, 4) is 0 Å². The van der Waals surface area contributed by atoms with Crippen molar-refractivity contribution >= 4 is 5.82 Å². The molecule has 1 saturated carbocycles. The summed E-state index contributed by atoms with van der Waals surface area (Å²) in [5.41, 5.74) is 1.41. The number of aryl methyl sites for hydroxylation is 1. The molecule has 2 aromatic rings. The highest BCUT2D eigenvalue weighted by atomic mass is 19.3. The summed E-state index contributed by atoms with van der Waals surface area (Å²) >= 11 is 0. The Labute approximate surface area is 195 Å². The molecule has 1 saturated heterocycles. The van der Waals surface area contributed by atoms with Gasteiger partial charge in [0.15, 0.2) is 11.6 Å². The van der Waals surface area contributed by atoms with E-state index < -0.39 is 5.92 Å². The summed E-state index contributed by atoms with van der Waals surface area (Å²) in [6.45, 7) is 6.21. The van der Waals surface area contributed by atoms with Crippen molar-refractivity contribution < 1.29 is 13.2 Å². The average Bonchev–Trinajstić information content (AvgIpc) is 3.28. The number of aromatic nitrogens is 2. The summed E-state index contributed by atoms with van der Waals surface area (Å²) in [5.74, 6) is -0.625. The van der Waals surface area contributed by atoms with Crippen LogP contribution in [0.25, 0.3) is 0 Å². The zero-order chi connectivity index (χ0) is 23.6. The van der Waals surface area contributed by atoms with E-state index in [-0.39, 0.29) is 17.4 Å². The van der Waals surface area contributed by atoms with E-state index in [4.69, 9.17) is 0 Å². The Balaban J connectivity index is 1.44. The molecule has 1 aromatic carbocycles. The summed E-state index contributed by atoms with van der Waals surface area (Å²) in [5, 5.41) is 0. The minimum absolute atomic E-state index is 0.00581. The third-order valence-electron chi connectivity index (χ3n) is 7.79. The standard InChI is InChI=1S/C27H36F3N3/c1-18(2)20-9-6-19(7-10-20)8-15-23-25(28)26(32-17-31-23)33-16-4-5-24(33)21-11-13-22(14-12-21)27(3,29)30/h11-14,17-20,24H,4-10,15-16H2,1-3H3. The molecule has 1 aromatic heterocycles. The number of hydrogen-bond donors (Lipinski definition) is 0. The Kier molecular flexibility index (Phi) is 7.30. The van der Waals surface area contributed by atoms with Crippen LogP contribution >= 0.6 is 0 Å². The average molecular weight is 460 g/mol. The summed E-state index contributed by atoms with van der Waals surface area (Å²) in [4.78, 5) is 10.6. The van der Waals surface area contributed by atoms with E-state index in [1.807, 2.05) is 4.90 Å². The molecule has 0 amide bonds. The van der Waals surface area contributed by atoms with Gasteiger partial charge >= 0.3 is 0 Å². The SMILES string of the molecule is CC(C)C1CCC(CCc2ncnc(N3CCCC3c3ccc(C(C)(F)F)cc3)c2F)CC1. The van der Waals surface area contributed by atoms with E-state index in [9.17, 15) is 8.78 Å². The smallest absolute Gasteiger partial charge is 0.270 e. The van der Waals surface area contributed by atoms with Gasteiger partial charge in [-0.25, -0.2) is 23.1 Å². The fourth-order valence-electron chi connectivity index (χ4n) is 5.62. The molecule has 2 aliphatic rings. The number of nitrogens with zero attached hydrogens (tertiary/aromatic N) is 3. The zero-order valence-corrected chi connectivity index (χ0v) is 20.0. The van der Waals surface area contributed by atoms with E-state index in [1.54, 1.807) is 12.1 Å². The molecule has 180 valence electrons. The molecule has 1 aliphatic heterocycles. The van der Waals surface area contributed by atoms with E-state index in [1.165, 1.54) is 44.1 Å². The lowest BCUT2D eigenvalue weighted by Gasteiger charge is -2.31. The summed E-state index contributed by atoms with van der Waals surface area (Å²) in [6.07, 6.45) is 9.84.